The molecule has 1 unspecified atom stereocenters. The Morgan fingerprint density at radius 1 is 1.10 bits per heavy atom. The Kier molecular flexibility index (Phi) is 10.8. The Morgan fingerprint density at radius 2 is 1.77 bits per heavy atom. The van der Waals surface area contributed by atoms with E-state index in [1.165, 1.54) is 35.6 Å². The highest BCUT2D eigenvalue weighted by Gasteiger charge is 2.11. The van der Waals surface area contributed by atoms with Gasteiger partial charge in [-0.3, -0.25) is 0 Å². The molecule has 5 nitrogen and oxygen atoms in total. The standard InChI is InChI=1S/C22H30FN3O2S.HI/c1-5-24-22(25-13-17(3)18-8-6-16(2)7-9-18)26-14-20-12-21(23)11-10-19(20)15-29(4,27)28;/h6-12,17H,5,13-15H2,1-4H3,(H2,24,25,26);1H. The summed E-state index contributed by atoms with van der Waals surface area (Å²) >= 11 is 0. The lowest BCUT2D eigenvalue weighted by Gasteiger charge is -2.17. The van der Waals surface area contributed by atoms with E-state index < -0.39 is 15.7 Å². The predicted molar refractivity (Wildman–Crippen MR) is 133 cm³/mol. The summed E-state index contributed by atoms with van der Waals surface area (Å²) in [5.41, 5.74) is 3.60. The lowest BCUT2D eigenvalue weighted by Crippen LogP contribution is -2.39. The van der Waals surface area contributed by atoms with Gasteiger partial charge in [-0.2, -0.15) is 0 Å². The number of aliphatic imine (C=N–C) groups is 1. The van der Waals surface area contributed by atoms with Gasteiger partial charge >= 0.3 is 0 Å². The van der Waals surface area contributed by atoms with Crippen molar-refractivity contribution < 1.29 is 12.8 Å². The maximum Gasteiger partial charge on any atom is 0.191 e. The minimum absolute atomic E-state index is 0. The summed E-state index contributed by atoms with van der Waals surface area (Å²) in [4.78, 5) is 4.53. The van der Waals surface area contributed by atoms with Crippen molar-refractivity contribution in [2.24, 2.45) is 4.99 Å². The van der Waals surface area contributed by atoms with E-state index in [2.05, 4.69) is 53.7 Å². The van der Waals surface area contributed by atoms with E-state index in [4.69, 9.17) is 0 Å². The third-order valence-corrected chi connectivity index (χ3v) is 5.40. The number of nitrogens with zero attached hydrogens (tertiary/aromatic N) is 1. The van der Waals surface area contributed by atoms with E-state index in [1.54, 1.807) is 0 Å². The second kappa shape index (κ2) is 12.2. The van der Waals surface area contributed by atoms with E-state index in [-0.39, 0.29) is 42.2 Å². The summed E-state index contributed by atoms with van der Waals surface area (Å²) in [7, 11) is -3.22. The van der Waals surface area contributed by atoms with Crippen molar-refractivity contribution in [3.05, 3.63) is 70.5 Å². The maximum absolute atomic E-state index is 13.7. The second-order valence-corrected chi connectivity index (χ2v) is 9.51. The van der Waals surface area contributed by atoms with Crippen LogP contribution in [-0.2, 0) is 22.1 Å². The van der Waals surface area contributed by atoms with Gasteiger partial charge in [0, 0.05) is 19.3 Å². The molecule has 0 heterocycles. The molecule has 0 fully saturated rings. The van der Waals surface area contributed by atoms with Crippen molar-refractivity contribution in [2.75, 3.05) is 19.3 Å². The molecule has 0 aliphatic carbocycles. The molecule has 0 radical (unpaired) electrons. The molecule has 0 saturated carbocycles. The summed E-state index contributed by atoms with van der Waals surface area (Å²) in [5, 5.41) is 6.49. The molecule has 0 amide bonds. The zero-order valence-electron chi connectivity index (χ0n) is 17.9. The van der Waals surface area contributed by atoms with Crippen molar-refractivity contribution in [1.29, 1.82) is 0 Å². The molecular weight excluding hydrogens is 516 g/mol. The van der Waals surface area contributed by atoms with E-state index in [9.17, 15) is 12.8 Å². The Hall–Kier alpha value is -1.68. The SMILES string of the molecule is CCNC(=NCc1cc(F)ccc1CS(C)(=O)=O)NCC(C)c1ccc(C)cc1.I. The van der Waals surface area contributed by atoms with Gasteiger partial charge in [0.2, 0.25) is 0 Å². The third kappa shape index (κ3) is 8.99. The summed E-state index contributed by atoms with van der Waals surface area (Å²) in [6, 6.07) is 12.6. The van der Waals surface area contributed by atoms with Crippen LogP contribution in [0.25, 0.3) is 0 Å². The van der Waals surface area contributed by atoms with E-state index in [1.807, 2.05) is 6.92 Å². The molecule has 2 N–H and O–H groups in total. The molecule has 0 saturated heterocycles. The quantitative estimate of drug-likeness (QED) is 0.296. The Labute approximate surface area is 196 Å². The molecule has 1 atom stereocenters. The monoisotopic (exact) mass is 547 g/mol. The number of halogens is 2. The van der Waals surface area contributed by atoms with E-state index >= 15 is 0 Å². The summed E-state index contributed by atoms with van der Waals surface area (Å²) < 4.78 is 37.0. The number of hydrogen-bond acceptors (Lipinski definition) is 3. The van der Waals surface area contributed by atoms with Crippen LogP contribution in [0.5, 0.6) is 0 Å². The van der Waals surface area contributed by atoms with Crippen LogP contribution in [0.2, 0.25) is 0 Å². The van der Waals surface area contributed by atoms with Gasteiger partial charge < -0.3 is 10.6 Å². The fourth-order valence-corrected chi connectivity index (χ4v) is 3.78. The summed E-state index contributed by atoms with van der Waals surface area (Å²) in [6.45, 7) is 7.73. The zero-order chi connectivity index (χ0) is 21.4. The van der Waals surface area contributed by atoms with Gasteiger partial charge in [0.15, 0.2) is 15.8 Å². The number of rotatable bonds is 8. The molecule has 2 aromatic rings. The zero-order valence-corrected chi connectivity index (χ0v) is 21.1. The molecule has 0 bridgehead atoms. The van der Waals surface area contributed by atoms with Crippen LogP contribution < -0.4 is 10.6 Å². The number of sulfone groups is 1. The normalized spacial score (nSPS) is 12.8. The van der Waals surface area contributed by atoms with Crippen molar-refractivity contribution in [2.45, 2.75) is 39.0 Å². The smallest absolute Gasteiger partial charge is 0.191 e. The topological polar surface area (TPSA) is 70.6 Å². The van der Waals surface area contributed by atoms with Crippen molar-refractivity contribution in [1.82, 2.24) is 10.6 Å². The number of hydrogen-bond donors (Lipinski definition) is 2. The number of benzene rings is 2. The first-order valence-corrected chi connectivity index (χ1v) is 11.8. The fraction of sp³-hybridized carbons (Fsp3) is 0.409. The third-order valence-electron chi connectivity index (χ3n) is 4.56. The highest BCUT2D eigenvalue weighted by atomic mass is 127. The molecule has 166 valence electrons. The van der Waals surface area contributed by atoms with Gasteiger partial charge in [0.1, 0.15) is 5.82 Å². The lowest BCUT2D eigenvalue weighted by molar-refractivity contribution is 0.600. The number of nitrogens with one attached hydrogen (secondary N) is 2. The molecule has 2 aromatic carbocycles. The first-order chi connectivity index (χ1) is 13.7. The van der Waals surface area contributed by atoms with Crippen LogP contribution in [0.15, 0.2) is 47.5 Å². The minimum Gasteiger partial charge on any atom is -0.357 e. The van der Waals surface area contributed by atoms with Gasteiger partial charge in [0.25, 0.3) is 0 Å². The van der Waals surface area contributed by atoms with E-state index in [0.717, 1.165) is 0 Å². The molecule has 0 aliphatic rings. The lowest BCUT2D eigenvalue weighted by atomic mass is 10.0. The molecule has 0 aromatic heterocycles. The molecule has 0 spiro atoms. The molecule has 8 heteroatoms. The Bertz CT molecular complexity index is 947. The van der Waals surface area contributed by atoms with Crippen LogP contribution in [0.3, 0.4) is 0 Å². The summed E-state index contributed by atoms with van der Waals surface area (Å²) in [6.07, 6.45) is 1.17. The second-order valence-electron chi connectivity index (χ2n) is 7.37. The highest BCUT2D eigenvalue weighted by molar-refractivity contribution is 14.0. The van der Waals surface area contributed by atoms with Crippen molar-refractivity contribution >= 4 is 39.8 Å². The van der Waals surface area contributed by atoms with Gasteiger partial charge in [-0.25, -0.2) is 17.8 Å². The largest absolute Gasteiger partial charge is 0.357 e. The number of guanidine groups is 1. The molecule has 0 aliphatic heterocycles. The Morgan fingerprint density at radius 3 is 2.37 bits per heavy atom. The van der Waals surface area contributed by atoms with Gasteiger partial charge in [-0.1, -0.05) is 42.8 Å². The average Bonchev–Trinajstić information content (AvgIpc) is 2.65. The van der Waals surface area contributed by atoms with Crippen LogP contribution in [0.1, 0.15) is 42.0 Å². The van der Waals surface area contributed by atoms with Gasteiger partial charge in [-0.05, 0) is 48.6 Å². The van der Waals surface area contributed by atoms with Crippen molar-refractivity contribution in [3.8, 4) is 0 Å². The minimum atomic E-state index is -3.22. The maximum atomic E-state index is 13.7. The average molecular weight is 547 g/mol. The van der Waals surface area contributed by atoms with Crippen molar-refractivity contribution in [3.63, 3.8) is 0 Å². The van der Waals surface area contributed by atoms with Crippen LogP contribution in [0.4, 0.5) is 4.39 Å². The van der Waals surface area contributed by atoms with Gasteiger partial charge in [-0.15, -0.1) is 24.0 Å². The predicted octanol–water partition coefficient (Wildman–Crippen LogP) is 4.16. The first-order valence-electron chi connectivity index (χ1n) is 9.71. The molecule has 2 rings (SSSR count). The summed E-state index contributed by atoms with van der Waals surface area (Å²) in [5.74, 6) is 0.362. The first kappa shape index (κ1) is 26.4. The highest BCUT2D eigenvalue weighted by Crippen LogP contribution is 2.16. The van der Waals surface area contributed by atoms with Crippen LogP contribution >= 0.6 is 24.0 Å². The van der Waals surface area contributed by atoms with E-state index in [0.29, 0.717) is 30.2 Å². The fourth-order valence-electron chi connectivity index (χ4n) is 2.93. The van der Waals surface area contributed by atoms with Crippen LogP contribution in [0, 0.1) is 12.7 Å². The number of aryl methyl sites for hydroxylation is 1. The Balaban J connectivity index is 0.00000450. The van der Waals surface area contributed by atoms with Gasteiger partial charge in [0.05, 0.1) is 12.3 Å². The molecule has 30 heavy (non-hydrogen) atoms. The molecular formula is C22H31FIN3O2S. The van der Waals surface area contributed by atoms with Crippen LogP contribution in [-0.4, -0.2) is 33.7 Å².